The Morgan fingerprint density at radius 3 is 2.70 bits per heavy atom. The fourth-order valence-corrected chi connectivity index (χ4v) is 2.04. The maximum absolute atomic E-state index is 13.4. The Morgan fingerprint density at radius 2 is 2.00 bits per heavy atom. The minimum atomic E-state index is -0.973. The van der Waals surface area contributed by atoms with E-state index in [-0.39, 0.29) is 17.9 Å². The number of benzene rings is 2. The lowest BCUT2D eigenvalue weighted by atomic mass is 10.2. The first-order valence-corrected chi connectivity index (χ1v) is 6.39. The van der Waals surface area contributed by atoms with Crippen LogP contribution in [0, 0.1) is 21.7 Å². The van der Waals surface area contributed by atoms with E-state index in [1.165, 1.54) is 24.3 Å². The molecule has 0 amide bonds. The van der Waals surface area contributed by atoms with Crippen LogP contribution in [0.3, 0.4) is 0 Å². The molecule has 0 spiro atoms. The molecule has 0 unspecified atom stereocenters. The van der Waals surface area contributed by atoms with E-state index in [1.807, 2.05) is 0 Å². The van der Waals surface area contributed by atoms with Gasteiger partial charge in [0.15, 0.2) is 11.6 Å². The third kappa shape index (κ3) is 3.11. The fraction of sp³-hybridized carbons (Fsp3) is 0.0769. The molecule has 0 atom stereocenters. The predicted molar refractivity (Wildman–Crippen MR) is 74.5 cm³/mol. The molecule has 2 aromatic rings. The van der Waals surface area contributed by atoms with E-state index in [9.17, 15) is 18.9 Å². The van der Waals surface area contributed by atoms with Crippen molar-refractivity contribution in [2.45, 2.75) is 6.54 Å². The quantitative estimate of drug-likeness (QED) is 0.667. The van der Waals surface area contributed by atoms with Crippen LogP contribution in [0.5, 0.6) is 0 Å². The highest BCUT2D eigenvalue weighted by Gasteiger charge is 2.13. The molecule has 104 valence electrons. The van der Waals surface area contributed by atoms with E-state index in [1.54, 1.807) is 6.07 Å². The molecule has 0 fully saturated rings. The number of hydrogen-bond acceptors (Lipinski definition) is 3. The van der Waals surface area contributed by atoms with Gasteiger partial charge in [-0.15, -0.1) is 0 Å². The molecule has 0 aliphatic heterocycles. The zero-order valence-electron chi connectivity index (χ0n) is 10.1. The van der Waals surface area contributed by atoms with Crippen molar-refractivity contribution >= 4 is 27.3 Å². The van der Waals surface area contributed by atoms with Crippen LogP contribution >= 0.6 is 15.9 Å². The van der Waals surface area contributed by atoms with Gasteiger partial charge in [0.05, 0.1) is 15.1 Å². The van der Waals surface area contributed by atoms with Crippen LogP contribution < -0.4 is 5.32 Å². The molecule has 20 heavy (non-hydrogen) atoms. The molecule has 2 rings (SSSR count). The van der Waals surface area contributed by atoms with Crippen LogP contribution in [0.2, 0.25) is 0 Å². The summed E-state index contributed by atoms with van der Waals surface area (Å²) in [6, 6.07) is 8.36. The summed E-state index contributed by atoms with van der Waals surface area (Å²) in [5.41, 5.74) is 0.517. The summed E-state index contributed by atoms with van der Waals surface area (Å²) < 4.78 is 26.8. The van der Waals surface area contributed by atoms with Crippen molar-refractivity contribution < 1.29 is 13.7 Å². The van der Waals surface area contributed by atoms with Crippen molar-refractivity contribution in [1.82, 2.24) is 0 Å². The van der Waals surface area contributed by atoms with Crippen molar-refractivity contribution in [3.8, 4) is 0 Å². The van der Waals surface area contributed by atoms with E-state index >= 15 is 0 Å². The topological polar surface area (TPSA) is 55.2 Å². The molecule has 0 bridgehead atoms. The third-order valence-corrected chi connectivity index (χ3v) is 3.31. The Morgan fingerprint density at radius 1 is 1.25 bits per heavy atom. The van der Waals surface area contributed by atoms with Crippen molar-refractivity contribution in [3.63, 3.8) is 0 Å². The minimum Gasteiger partial charge on any atom is -0.379 e. The number of rotatable bonds is 4. The van der Waals surface area contributed by atoms with Gasteiger partial charge in [-0.05, 0) is 39.7 Å². The van der Waals surface area contributed by atoms with Gasteiger partial charge in [-0.2, -0.15) is 0 Å². The molecule has 0 radical (unpaired) electrons. The molecule has 0 aliphatic carbocycles. The van der Waals surface area contributed by atoms with Crippen LogP contribution in [-0.2, 0) is 6.54 Å². The van der Waals surface area contributed by atoms with E-state index in [2.05, 4.69) is 21.2 Å². The number of nitrogens with one attached hydrogen (secondary N) is 1. The number of nitro groups is 1. The average Bonchev–Trinajstić information content (AvgIpc) is 2.41. The number of hydrogen-bond donors (Lipinski definition) is 1. The summed E-state index contributed by atoms with van der Waals surface area (Å²) in [6.07, 6.45) is 0. The van der Waals surface area contributed by atoms with Crippen LogP contribution in [-0.4, -0.2) is 4.92 Å². The number of anilines is 1. The summed E-state index contributed by atoms with van der Waals surface area (Å²) in [6.45, 7) is 0.147. The molecule has 7 heteroatoms. The lowest BCUT2D eigenvalue weighted by Gasteiger charge is -2.08. The molecule has 0 saturated heterocycles. The summed E-state index contributed by atoms with van der Waals surface area (Å²) >= 11 is 3.08. The molecule has 2 aromatic carbocycles. The van der Waals surface area contributed by atoms with E-state index in [0.29, 0.717) is 10.0 Å². The summed E-state index contributed by atoms with van der Waals surface area (Å²) in [4.78, 5) is 10.3. The molecule has 0 aromatic heterocycles. The molecular weight excluding hydrogens is 334 g/mol. The smallest absolute Gasteiger partial charge is 0.283 e. The molecular formula is C13H9BrF2N2O2. The molecule has 0 saturated carbocycles. The van der Waals surface area contributed by atoms with Crippen molar-refractivity contribution in [2.75, 3.05) is 5.32 Å². The Labute approximate surface area is 121 Å². The van der Waals surface area contributed by atoms with Crippen LogP contribution in [0.25, 0.3) is 0 Å². The number of halogens is 3. The second kappa shape index (κ2) is 5.96. The van der Waals surface area contributed by atoms with Gasteiger partial charge in [0, 0.05) is 12.6 Å². The lowest BCUT2D eigenvalue weighted by Crippen LogP contribution is -2.03. The van der Waals surface area contributed by atoms with Gasteiger partial charge in [0.2, 0.25) is 0 Å². The highest BCUT2D eigenvalue weighted by molar-refractivity contribution is 9.10. The first-order chi connectivity index (χ1) is 9.49. The van der Waals surface area contributed by atoms with Gasteiger partial charge in [-0.25, -0.2) is 8.78 Å². The summed E-state index contributed by atoms with van der Waals surface area (Å²) in [7, 11) is 0. The first kappa shape index (κ1) is 14.4. The first-order valence-electron chi connectivity index (χ1n) is 5.59. The van der Waals surface area contributed by atoms with Crippen molar-refractivity contribution in [1.29, 1.82) is 0 Å². The summed E-state index contributed by atoms with van der Waals surface area (Å²) in [5.74, 6) is -1.92. The number of nitro benzene ring substituents is 1. The molecule has 4 nitrogen and oxygen atoms in total. The maximum atomic E-state index is 13.4. The Hall–Kier alpha value is -2.02. The van der Waals surface area contributed by atoms with Crippen LogP contribution in [0.1, 0.15) is 5.56 Å². The normalized spacial score (nSPS) is 10.3. The van der Waals surface area contributed by atoms with E-state index in [0.717, 1.165) is 6.07 Å². The largest absolute Gasteiger partial charge is 0.379 e. The van der Waals surface area contributed by atoms with Crippen LogP contribution in [0.15, 0.2) is 40.9 Å². The molecule has 0 aliphatic rings. The maximum Gasteiger partial charge on any atom is 0.283 e. The van der Waals surface area contributed by atoms with Crippen LogP contribution in [0.4, 0.5) is 20.2 Å². The van der Waals surface area contributed by atoms with Gasteiger partial charge in [-0.3, -0.25) is 10.1 Å². The van der Waals surface area contributed by atoms with Gasteiger partial charge in [0.25, 0.3) is 5.69 Å². The standard InChI is InChI=1S/C13H9BrF2N2O2/c14-9-5-4-8(6-12(9)18(19)20)7-17-11-3-1-2-10(15)13(11)16/h1-6,17H,7H2. The third-order valence-electron chi connectivity index (χ3n) is 2.64. The highest BCUT2D eigenvalue weighted by atomic mass is 79.9. The van der Waals surface area contributed by atoms with Crippen molar-refractivity contribution in [3.05, 3.63) is 68.2 Å². The summed E-state index contributed by atoms with van der Waals surface area (Å²) in [5, 5.41) is 13.5. The van der Waals surface area contributed by atoms with Gasteiger partial charge in [-0.1, -0.05) is 12.1 Å². The zero-order chi connectivity index (χ0) is 14.7. The van der Waals surface area contributed by atoms with E-state index in [4.69, 9.17) is 0 Å². The van der Waals surface area contributed by atoms with Gasteiger partial charge >= 0.3 is 0 Å². The van der Waals surface area contributed by atoms with Crippen molar-refractivity contribution in [2.24, 2.45) is 0 Å². The zero-order valence-corrected chi connectivity index (χ0v) is 11.7. The fourth-order valence-electron chi connectivity index (χ4n) is 1.65. The SMILES string of the molecule is O=[N+]([O-])c1cc(CNc2cccc(F)c2F)ccc1Br. The monoisotopic (exact) mass is 342 g/mol. The van der Waals surface area contributed by atoms with E-state index < -0.39 is 16.6 Å². The molecule has 1 N–H and O–H groups in total. The molecule has 0 heterocycles. The Bertz CT molecular complexity index is 665. The minimum absolute atomic E-state index is 0.00979. The Kier molecular flexibility index (Phi) is 4.29. The predicted octanol–water partition coefficient (Wildman–Crippen LogP) is 4.25. The van der Waals surface area contributed by atoms with Gasteiger partial charge in [0.1, 0.15) is 0 Å². The lowest BCUT2D eigenvalue weighted by molar-refractivity contribution is -0.385. The Balaban J connectivity index is 2.17. The highest BCUT2D eigenvalue weighted by Crippen LogP contribution is 2.26. The number of nitrogens with zero attached hydrogens (tertiary/aromatic N) is 1. The second-order valence-corrected chi connectivity index (χ2v) is 4.85. The average molecular weight is 343 g/mol. The second-order valence-electron chi connectivity index (χ2n) is 4.00. The van der Waals surface area contributed by atoms with Gasteiger partial charge < -0.3 is 5.32 Å².